The van der Waals surface area contributed by atoms with Gasteiger partial charge in [0.2, 0.25) is 0 Å². The van der Waals surface area contributed by atoms with Gasteiger partial charge in [0.1, 0.15) is 0 Å². The van der Waals surface area contributed by atoms with E-state index < -0.39 is 0 Å². The molecule has 0 bridgehead atoms. The molecule has 0 fully saturated rings. The molecule has 1 unspecified atom stereocenters. The zero-order valence-electron chi connectivity index (χ0n) is 12.2. The molecule has 1 aromatic rings. The Hall–Kier alpha value is -0.860. The lowest BCUT2D eigenvalue weighted by Crippen LogP contribution is -2.26. The first-order chi connectivity index (χ1) is 8.77. The van der Waals surface area contributed by atoms with E-state index in [-0.39, 0.29) is 0 Å². The lowest BCUT2D eigenvalue weighted by atomic mass is 10.0. The molecule has 0 spiro atoms. The van der Waals surface area contributed by atoms with Gasteiger partial charge in [0, 0.05) is 6.04 Å². The highest BCUT2D eigenvalue weighted by Gasteiger charge is 2.09. The lowest BCUT2D eigenvalue weighted by molar-refractivity contribution is 0.304. The van der Waals surface area contributed by atoms with Gasteiger partial charge in [-0.3, -0.25) is 0 Å². The molecule has 0 aliphatic rings. The molecule has 0 saturated heterocycles. The Balaban J connectivity index is 2.31. The van der Waals surface area contributed by atoms with Gasteiger partial charge >= 0.3 is 0 Å². The fourth-order valence-corrected chi connectivity index (χ4v) is 2.26. The molecule has 1 N–H and O–H groups in total. The molecular formula is C16H28N2. The monoisotopic (exact) mass is 248 g/mol. The Bertz CT molecular complexity index is 297. The zero-order chi connectivity index (χ0) is 13.2. The maximum Gasteiger partial charge on any atom is 0.0329 e. The number of hydrogen-bond acceptors (Lipinski definition) is 2. The standard InChI is InChI=1S/C16H28N2/c1-4-5-9-13-18(3)14-12-16(17-2)15-10-7-6-8-11-15/h6-8,10-11,16-17H,4-5,9,12-14H2,1-3H3. The first kappa shape index (κ1) is 15.2. The number of nitrogens with one attached hydrogen (secondary N) is 1. The second-order valence-electron chi connectivity index (χ2n) is 5.05. The van der Waals surface area contributed by atoms with E-state index >= 15 is 0 Å². The second kappa shape index (κ2) is 9.12. The fraction of sp³-hybridized carbons (Fsp3) is 0.625. The molecule has 0 aliphatic carbocycles. The van der Waals surface area contributed by atoms with Gasteiger partial charge in [-0.15, -0.1) is 0 Å². The largest absolute Gasteiger partial charge is 0.313 e. The Morgan fingerprint density at radius 1 is 1.11 bits per heavy atom. The summed E-state index contributed by atoms with van der Waals surface area (Å²) in [5.74, 6) is 0. The molecule has 0 aliphatic heterocycles. The van der Waals surface area contributed by atoms with Crippen LogP contribution in [0.25, 0.3) is 0 Å². The van der Waals surface area contributed by atoms with Gasteiger partial charge in [-0.1, -0.05) is 50.1 Å². The molecule has 0 heterocycles. The van der Waals surface area contributed by atoms with Gasteiger partial charge < -0.3 is 10.2 Å². The van der Waals surface area contributed by atoms with Crippen LogP contribution < -0.4 is 5.32 Å². The molecule has 18 heavy (non-hydrogen) atoms. The summed E-state index contributed by atoms with van der Waals surface area (Å²) < 4.78 is 0. The van der Waals surface area contributed by atoms with E-state index in [1.54, 1.807) is 0 Å². The minimum absolute atomic E-state index is 0.472. The lowest BCUT2D eigenvalue weighted by Gasteiger charge is -2.21. The van der Waals surface area contributed by atoms with Crippen LogP contribution in [-0.4, -0.2) is 32.1 Å². The SMILES string of the molecule is CCCCCN(C)CCC(NC)c1ccccc1. The van der Waals surface area contributed by atoms with Crippen molar-refractivity contribution in [1.29, 1.82) is 0 Å². The molecule has 0 aromatic heterocycles. The summed E-state index contributed by atoms with van der Waals surface area (Å²) in [5.41, 5.74) is 1.39. The van der Waals surface area contributed by atoms with E-state index in [9.17, 15) is 0 Å². The van der Waals surface area contributed by atoms with Crippen LogP contribution in [0.3, 0.4) is 0 Å². The average molecular weight is 248 g/mol. The summed E-state index contributed by atoms with van der Waals surface area (Å²) in [5, 5.41) is 3.41. The predicted octanol–water partition coefficient (Wildman–Crippen LogP) is 3.46. The average Bonchev–Trinajstić information content (AvgIpc) is 2.41. The molecule has 102 valence electrons. The Morgan fingerprint density at radius 2 is 1.83 bits per heavy atom. The van der Waals surface area contributed by atoms with E-state index in [1.807, 2.05) is 0 Å². The van der Waals surface area contributed by atoms with Crippen molar-refractivity contribution in [2.45, 2.75) is 38.6 Å². The third-order valence-corrected chi connectivity index (χ3v) is 3.49. The maximum atomic E-state index is 3.41. The van der Waals surface area contributed by atoms with Crippen LogP contribution in [0.5, 0.6) is 0 Å². The Kier molecular flexibility index (Phi) is 7.70. The molecule has 1 atom stereocenters. The van der Waals surface area contributed by atoms with Gasteiger partial charge in [0.25, 0.3) is 0 Å². The van der Waals surface area contributed by atoms with Crippen molar-refractivity contribution >= 4 is 0 Å². The summed E-state index contributed by atoms with van der Waals surface area (Å²) in [6.07, 6.45) is 5.14. The minimum atomic E-state index is 0.472. The summed E-state index contributed by atoms with van der Waals surface area (Å²) in [6.45, 7) is 4.63. The van der Waals surface area contributed by atoms with E-state index in [2.05, 4.69) is 61.6 Å². The molecule has 1 rings (SSSR count). The first-order valence-corrected chi connectivity index (χ1v) is 7.18. The number of rotatable bonds is 9. The second-order valence-corrected chi connectivity index (χ2v) is 5.05. The number of hydrogen-bond donors (Lipinski definition) is 1. The normalized spacial score (nSPS) is 12.9. The third kappa shape index (κ3) is 5.65. The highest BCUT2D eigenvalue weighted by molar-refractivity contribution is 5.18. The molecule has 1 aromatic carbocycles. The van der Waals surface area contributed by atoms with Gasteiger partial charge in [0.05, 0.1) is 0 Å². The van der Waals surface area contributed by atoms with Crippen LogP contribution in [0.4, 0.5) is 0 Å². The van der Waals surface area contributed by atoms with E-state index in [1.165, 1.54) is 37.8 Å². The maximum absolute atomic E-state index is 3.41. The van der Waals surface area contributed by atoms with Crippen molar-refractivity contribution in [3.63, 3.8) is 0 Å². The van der Waals surface area contributed by atoms with Gasteiger partial charge in [0.15, 0.2) is 0 Å². The predicted molar refractivity (Wildman–Crippen MR) is 79.9 cm³/mol. The number of benzene rings is 1. The molecule has 0 saturated carbocycles. The van der Waals surface area contributed by atoms with Crippen molar-refractivity contribution < 1.29 is 0 Å². The van der Waals surface area contributed by atoms with Crippen LogP contribution in [0, 0.1) is 0 Å². The van der Waals surface area contributed by atoms with Crippen molar-refractivity contribution in [2.24, 2.45) is 0 Å². The highest BCUT2D eigenvalue weighted by atomic mass is 15.1. The van der Waals surface area contributed by atoms with Crippen molar-refractivity contribution in [1.82, 2.24) is 10.2 Å². The van der Waals surface area contributed by atoms with Gasteiger partial charge in [-0.2, -0.15) is 0 Å². The number of nitrogens with zero attached hydrogens (tertiary/aromatic N) is 1. The Morgan fingerprint density at radius 3 is 2.44 bits per heavy atom. The molecule has 0 radical (unpaired) electrons. The molecular weight excluding hydrogens is 220 g/mol. The fourth-order valence-electron chi connectivity index (χ4n) is 2.26. The summed E-state index contributed by atoms with van der Waals surface area (Å²) in [6, 6.07) is 11.2. The third-order valence-electron chi connectivity index (χ3n) is 3.49. The van der Waals surface area contributed by atoms with Crippen LogP contribution in [0.2, 0.25) is 0 Å². The highest BCUT2D eigenvalue weighted by Crippen LogP contribution is 2.16. The van der Waals surface area contributed by atoms with E-state index in [0.29, 0.717) is 6.04 Å². The zero-order valence-corrected chi connectivity index (χ0v) is 12.2. The minimum Gasteiger partial charge on any atom is -0.313 e. The molecule has 0 amide bonds. The Labute approximate surface area is 112 Å². The summed E-state index contributed by atoms with van der Waals surface area (Å²) >= 11 is 0. The molecule has 2 heteroatoms. The van der Waals surface area contributed by atoms with Crippen molar-refractivity contribution in [3.05, 3.63) is 35.9 Å². The van der Waals surface area contributed by atoms with E-state index in [0.717, 1.165) is 6.54 Å². The quantitative estimate of drug-likeness (QED) is 0.673. The van der Waals surface area contributed by atoms with Crippen molar-refractivity contribution in [2.75, 3.05) is 27.2 Å². The van der Waals surface area contributed by atoms with Crippen LogP contribution >= 0.6 is 0 Å². The number of unbranched alkanes of at least 4 members (excludes halogenated alkanes) is 2. The van der Waals surface area contributed by atoms with Crippen LogP contribution in [-0.2, 0) is 0 Å². The molecule has 2 nitrogen and oxygen atoms in total. The van der Waals surface area contributed by atoms with E-state index in [4.69, 9.17) is 0 Å². The van der Waals surface area contributed by atoms with Crippen molar-refractivity contribution in [3.8, 4) is 0 Å². The van der Waals surface area contributed by atoms with Gasteiger partial charge in [-0.25, -0.2) is 0 Å². The topological polar surface area (TPSA) is 15.3 Å². The summed E-state index contributed by atoms with van der Waals surface area (Å²) in [4.78, 5) is 2.45. The van der Waals surface area contributed by atoms with Gasteiger partial charge in [-0.05, 0) is 45.6 Å². The van der Waals surface area contributed by atoms with Crippen LogP contribution in [0.1, 0.15) is 44.2 Å². The van der Waals surface area contributed by atoms with Crippen LogP contribution in [0.15, 0.2) is 30.3 Å². The summed E-state index contributed by atoms with van der Waals surface area (Å²) in [7, 11) is 4.28. The smallest absolute Gasteiger partial charge is 0.0329 e. The first-order valence-electron chi connectivity index (χ1n) is 7.18.